The third-order valence-corrected chi connectivity index (χ3v) is 13.9. The maximum Gasteiger partial charge on any atom is 0.135 e. The molecular weight excluding hydrogens is 989 g/mol. The van der Waals surface area contributed by atoms with E-state index < -0.39 is 5.41 Å². The first-order valence-corrected chi connectivity index (χ1v) is 27.2. The van der Waals surface area contributed by atoms with Gasteiger partial charge in [0.1, 0.15) is 73.8 Å². The van der Waals surface area contributed by atoms with Gasteiger partial charge in [-0.3, -0.25) is 0 Å². The molecule has 4 fully saturated rings. The molecule has 4 atom stereocenters. The van der Waals surface area contributed by atoms with Crippen molar-refractivity contribution in [1.29, 1.82) is 0 Å². The molecule has 0 saturated carbocycles. The molecule has 16 nitrogen and oxygen atoms in total. The molecule has 11 rings (SSSR count). The Bertz CT molecular complexity index is 2630. The standard InChI is InChI=1S/C61H70O16/c1-3-11-49-43(9-1)33-55(70-29-25-62-17-21-66-35-45-39-74-45)57(59(49)72-31-27-64-19-23-68-37-47-41-76-47)61(53-15-7-5-13-51(53)52-14-6-8-16-54(52)61)58-56(71-30-26-63-18-22-67-36-46-40-75-46)34-44-10-2-4-12-50(44)60(58)73-32-28-65-20-24-69-38-48-42-77-48/h1-16,33-34,45-48H,17-32,35-42H2. The van der Waals surface area contributed by atoms with Crippen molar-refractivity contribution >= 4 is 21.5 Å². The zero-order valence-electron chi connectivity index (χ0n) is 43.7. The van der Waals surface area contributed by atoms with Gasteiger partial charge in [0, 0.05) is 10.8 Å². The van der Waals surface area contributed by atoms with Crippen LogP contribution in [0, 0.1) is 0 Å². The van der Waals surface area contributed by atoms with Gasteiger partial charge in [-0.15, -0.1) is 0 Å². The van der Waals surface area contributed by atoms with E-state index in [-0.39, 0.29) is 50.8 Å². The minimum atomic E-state index is -1.21. The second-order valence-electron chi connectivity index (χ2n) is 19.4. The molecule has 16 heteroatoms. The third-order valence-electron chi connectivity index (χ3n) is 13.9. The van der Waals surface area contributed by atoms with E-state index in [0.29, 0.717) is 129 Å². The summed E-state index contributed by atoms with van der Waals surface area (Å²) in [4.78, 5) is 0. The molecule has 0 aromatic heterocycles. The lowest BCUT2D eigenvalue weighted by atomic mass is 9.65. The minimum absolute atomic E-state index is 0.183. The normalized spacial score (nSPS) is 19.3. The molecular formula is C61H70O16. The molecule has 4 saturated heterocycles. The zero-order valence-corrected chi connectivity index (χ0v) is 43.7. The first-order valence-electron chi connectivity index (χ1n) is 27.2. The van der Waals surface area contributed by atoms with Crippen molar-refractivity contribution in [2.24, 2.45) is 0 Å². The first kappa shape index (κ1) is 53.6. The van der Waals surface area contributed by atoms with E-state index in [1.54, 1.807) is 0 Å². The van der Waals surface area contributed by atoms with E-state index in [2.05, 4.69) is 84.9 Å². The molecule has 0 N–H and O–H groups in total. The monoisotopic (exact) mass is 1060 g/mol. The Morgan fingerprint density at radius 3 is 1.00 bits per heavy atom. The predicted molar refractivity (Wildman–Crippen MR) is 286 cm³/mol. The van der Waals surface area contributed by atoms with E-state index in [1.165, 1.54) is 0 Å². The Labute approximate surface area is 449 Å². The quantitative estimate of drug-likeness (QED) is 0.0275. The molecule has 1 aliphatic carbocycles. The van der Waals surface area contributed by atoms with Gasteiger partial charge >= 0.3 is 0 Å². The van der Waals surface area contributed by atoms with Gasteiger partial charge in [-0.2, -0.15) is 0 Å². The van der Waals surface area contributed by atoms with Crippen molar-refractivity contribution < 1.29 is 75.8 Å². The highest BCUT2D eigenvalue weighted by molar-refractivity contribution is 6.00. The maximum atomic E-state index is 7.24. The van der Waals surface area contributed by atoms with Crippen LogP contribution in [0.25, 0.3) is 32.7 Å². The van der Waals surface area contributed by atoms with Gasteiger partial charge in [0.2, 0.25) is 0 Å². The maximum absolute atomic E-state index is 7.24. The minimum Gasteiger partial charge on any atom is -0.491 e. The summed E-state index contributed by atoms with van der Waals surface area (Å²) < 4.78 is 97.8. The van der Waals surface area contributed by atoms with Crippen LogP contribution in [0.5, 0.6) is 23.0 Å². The fraction of sp³-hybridized carbons (Fsp3) is 0.475. The summed E-state index contributed by atoms with van der Waals surface area (Å²) in [6.45, 7) is 10.8. The highest BCUT2D eigenvalue weighted by atomic mass is 16.6. The topological polar surface area (TPSA) is 161 Å². The van der Waals surface area contributed by atoms with Gasteiger partial charge in [-0.25, -0.2) is 0 Å². The second kappa shape index (κ2) is 26.9. The first-order chi connectivity index (χ1) is 38.3. The van der Waals surface area contributed by atoms with Crippen molar-refractivity contribution in [3.8, 4) is 34.1 Å². The Morgan fingerprint density at radius 2 is 0.636 bits per heavy atom. The molecule has 6 aromatic carbocycles. The summed E-state index contributed by atoms with van der Waals surface area (Å²) in [6.07, 6.45) is 0.733. The lowest BCUT2D eigenvalue weighted by molar-refractivity contribution is 0.0304. The number of rotatable bonds is 38. The zero-order chi connectivity index (χ0) is 51.9. The molecule has 410 valence electrons. The van der Waals surface area contributed by atoms with Gasteiger partial charge in [-0.05, 0) is 45.2 Å². The average molecular weight is 1060 g/mol. The molecule has 0 bridgehead atoms. The van der Waals surface area contributed by atoms with Crippen molar-refractivity contribution in [1.82, 2.24) is 0 Å². The van der Waals surface area contributed by atoms with Crippen LogP contribution in [0.4, 0.5) is 0 Å². The third kappa shape index (κ3) is 13.9. The van der Waals surface area contributed by atoms with Crippen molar-refractivity contribution in [2.45, 2.75) is 29.8 Å². The lowest BCUT2D eigenvalue weighted by Gasteiger charge is -2.39. The number of fused-ring (bicyclic) bond motifs is 5. The van der Waals surface area contributed by atoms with Gasteiger partial charge < -0.3 is 75.8 Å². The Hall–Kier alpha value is -5.44. The molecule has 0 radical (unpaired) electrons. The van der Waals surface area contributed by atoms with Crippen molar-refractivity contribution in [3.63, 3.8) is 0 Å². The van der Waals surface area contributed by atoms with Crippen molar-refractivity contribution in [3.05, 3.63) is 131 Å². The van der Waals surface area contributed by atoms with Crippen LogP contribution in [-0.4, -0.2) is 183 Å². The summed E-state index contributed by atoms with van der Waals surface area (Å²) in [5.74, 6) is 2.49. The summed E-state index contributed by atoms with van der Waals surface area (Å²) >= 11 is 0. The number of hydrogen-bond donors (Lipinski definition) is 0. The fourth-order valence-corrected chi connectivity index (χ4v) is 9.94. The summed E-state index contributed by atoms with van der Waals surface area (Å²) in [5.41, 5.74) is 4.45. The molecule has 0 amide bonds. The van der Waals surface area contributed by atoms with E-state index in [4.69, 9.17) is 75.8 Å². The van der Waals surface area contributed by atoms with Crippen LogP contribution in [0.2, 0.25) is 0 Å². The van der Waals surface area contributed by atoms with Crippen LogP contribution in [0.15, 0.2) is 109 Å². The Kier molecular flexibility index (Phi) is 18.7. The number of ether oxygens (including phenoxy) is 16. The summed E-state index contributed by atoms with van der Waals surface area (Å²) in [7, 11) is 0. The van der Waals surface area contributed by atoms with Crippen LogP contribution < -0.4 is 18.9 Å². The SMILES string of the molecule is c1ccc2c(c1)-c1ccccc1C2(c1c(OCCOCCOCC2CO2)cc2ccccc2c1OCCOCCOCC1CO1)c1c(OCCOCCOCC2CO2)cc2ccccc2c1OCCOCCOCC1CO1. The van der Waals surface area contributed by atoms with E-state index in [9.17, 15) is 0 Å². The summed E-state index contributed by atoms with van der Waals surface area (Å²) in [6, 6.07) is 37.9. The number of epoxide rings is 4. The lowest BCUT2D eigenvalue weighted by Crippen LogP contribution is -2.32. The predicted octanol–water partition coefficient (Wildman–Crippen LogP) is 7.60. The molecule has 4 aliphatic heterocycles. The molecule has 0 spiro atoms. The van der Waals surface area contributed by atoms with Crippen LogP contribution in [0.1, 0.15) is 22.3 Å². The van der Waals surface area contributed by atoms with E-state index in [0.717, 1.165) is 81.4 Å². The van der Waals surface area contributed by atoms with Gasteiger partial charge in [0.25, 0.3) is 0 Å². The highest BCUT2D eigenvalue weighted by Crippen LogP contribution is 2.64. The molecule has 4 unspecified atom stereocenters. The van der Waals surface area contributed by atoms with Gasteiger partial charge in [-0.1, -0.05) is 97.1 Å². The number of benzene rings is 6. The fourth-order valence-electron chi connectivity index (χ4n) is 9.94. The smallest absolute Gasteiger partial charge is 0.135 e. The number of hydrogen-bond acceptors (Lipinski definition) is 16. The van der Waals surface area contributed by atoms with E-state index >= 15 is 0 Å². The molecule has 4 heterocycles. The molecule has 5 aliphatic rings. The average Bonchev–Trinajstić information content (AvgIpc) is 4.40. The van der Waals surface area contributed by atoms with Gasteiger partial charge in [0.05, 0.1) is 149 Å². The highest BCUT2D eigenvalue weighted by Gasteiger charge is 2.53. The van der Waals surface area contributed by atoms with Crippen LogP contribution >= 0.6 is 0 Å². The second-order valence-corrected chi connectivity index (χ2v) is 19.4. The van der Waals surface area contributed by atoms with Crippen LogP contribution in [0.3, 0.4) is 0 Å². The Morgan fingerprint density at radius 1 is 0.338 bits per heavy atom. The van der Waals surface area contributed by atoms with Gasteiger partial charge in [0.15, 0.2) is 0 Å². The molecule has 77 heavy (non-hydrogen) atoms. The van der Waals surface area contributed by atoms with E-state index in [1.807, 2.05) is 24.3 Å². The molecule has 6 aromatic rings. The van der Waals surface area contributed by atoms with Crippen molar-refractivity contribution in [2.75, 3.05) is 159 Å². The summed E-state index contributed by atoms with van der Waals surface area (Å²) in [5, 5.41) is 3.67. The van der Waals surface area contributed by atoms with Crippen LogP contribution in [-0.2, 0) is 62.3 Å². The largest absolute Gasteiger partial charge is 0.491 e. The Balaban J connectivity index is 1.02.